The summed E-state index contributed by atoms with van der Waals surface area (Å²) in [5, 5.41) is 0. The minimum Gasteiger partial charge on any atom is -0.345 e. The van der Waals surface area contributed by atoms with Gasteiger partial charge in [0, 0.05) is 20.1 Å². The monoisotopic (exact) mass is 246 g/mol. The van der Waals surface area contributed by atoms with Crippen molar-refractivity contribution in [2.75, 3.05) is 20.1 Å². The maximum absolute atomic E-state index is 12.2. The summed E-state index contributed by atoms with van der Waals surface area (Å²) in [5.74, 6) is 0.220. The van der Waals surface area contributed by atoms with Crippen LogP contribution in [0.15, 0.2) is 24.3 Å². The van der Waals surface area contributed by atoms with Gasteiger partial charge in [-0.1, -0.05) is 29.8 Å². The lowest BCUT2D eigenvalue weighted by atomic mass is 10.1. The van der Waals surface area contributed by atoms with E-state index < -0.39 is 0 Å². The standard InChI is InChI=1S/C15H22N2O/c1-12-4-3-5-13(10-12)6-9-17(2)14(18)15(11-16)7-8-15/h3-5,10H,6-9,11,16H2,1-2H3. The molecule has 98 valence electrons. The van der Waals surface area contributed by atoms with Crippen LogP contribution in [0.2, 0.25) is 0 Å². The van der Waals surface area contributed by atoms with Gasteiger partial charge in [-0.15, -0.1) is 0 Å². The highest BCUT2D eigenvalue weighted by molar-refractivity contribution is 5.85. The van der Waals surface area contributed by atoms with Crippen LogP contribution in [-0.4, -0.2) is 30.9 Å². The number of hydrogen-bond donors (Lipinski definition) is 1. The number of carbonyl (C=O) groups excluding carboxylic acids is 1. The molecule has 3 nitrogen and oxygen atoms in total. The fourth-order valence-corrected chi connectivity index (χ4v) is 2.33. The third kappa shape index (κ3) is 2.72. The zero-order valence-electron chi connectivity index (χ0n) is 11.3. The Bertz CT molecular complexity index is 438. The first kappa shape index (κ1) is 13.1. The highest BCUT2D eigenvalue weighted by Gasteiger charge is 2.49. The normalized spacial score (nSPS) is 16.4. The first-order valence-electron chi connectivity index (χ1n) is 6.59. The largest absolute Gasteiger partial charge is 0.345 e. The maximum Gasteiger partial charge on any atom is 0.229 e. The predicted molar refractivity (Wildman–Crippen MR) is 73.2 cm³/mol. The van der Waals surface area contributed by atoms with Crippen LogP contribution >= 0.6 is 0 Å². The van der Waals surface area contributed by atoms with Crippen LogP contribution in [0.3, 0.4) is 0 Å². The number of rotatable bonds is 5. The lowest BCUT2D eigenvalue weighted by Crippen LogP contribution is -2.39. The van der Waals surface area contributed by atoms with Gasteiger partial charge in [-0.25, -0.2) is 0 Å². The molecule has 0 heterocycles. The van der Waals surface area contributed by atoms with Crippen molar-refractivity contribution >= 4 is 5.91 Å². The van der Waals surface area contributed by atoms with Crippen LogP contribution < -0.4 is 5.73 Å². The maximum atomic E-state index is 12.2. The number of benzene rings is 1. The number of hydrogen-bond acceptors (Lipinski definition) is 2. The summed E-state index contributed by atoms with van der Waals surface area (Å²) in [6.45, 7) is 3.34. The average molecular weight is 246 g/mol. The molecule has 18 heavy (non-hydrogen) atoms. The van der Waals surface area contributed by atoms with Crippen molar-refractivity contribution in [1.29, 1.82) is 0 Å². The molecule has 2 rings (SSSR count). The number of amides is 1. The van der Waals surface area contributed by atoms with Gasteiger partial charge in [0.25, 0.3) is 0 Å². The van der Waals surface area contributed by atoms with Crippen molar-refractivity contribution in [2.24, 2.45) is 11.1 Å². The Kier molecular flexibility index (Phi) is 3.71. The Labute approximate surface area is 109 Å². The van der Waals surface area contributed by atoms with Gasteiger partial charge in [0.15, 0.2) is 0 Å². The van der Waals surface area contributed by atoms with Gasteiger partial charge in [-0.05, 0) is 31.7 Å². The summed E-state index contributed by atoms with van der Waals surface area (Å²) < 4.78 is 0. The number of nitrogens with zero attached hydrogens (tertiary/aromatic N) is 1. The summed E-state index contributed by atoms with van der Waals surface area (Å²) in [7, 11) is 1.88. The van der Waals surface area contributed by atoms with Crippen LogP contribution in [0.4, 0.5) is 0 Å². The van der Waals surface area contributed by atoms with E-state index in [9.17, 15) is 4.79 Å². The first-order valence-corrected chi connectivity index (χ1v) is 6.59. The molecule has 1 amide bonds. The lowest BCUT2D eigenvalue weighted by Gasteiger charge is -2.22. The van der Waals surface area contributed by atoms with Crippen LogP contribution in [0, 0.1) is 12.3 Å². The van der Waals surface area contributed by atoms with Gasteiger partial charge in [0.2, 0.25) is 5.91 Å². The van der Waals surface area contributed by atoms with E-state index in [1.807, 2.05) is 11.9 Å². The Morgan fingerprint density at radius 2 is 2.17 bits per heavy atom. The molecule has 0 spiro atoms. The molecule has 0 aliphatic heterocycles. The van der Waals surface area contributed by atoms with Crippen LogP contribution in [0.5, 0.6) is 0 Å². The molecule has 1 aromatic carbocycles. The van der Waals surface area contributed by atoms with E-state index in [1.165, 1.54) is 11.1 Å². The Morgan fingerprint density at radius 3 is 2.72 bits per heavy atom. The van der Waals surface area contributed by atoms with Crippen molar-refractivity contribution in [3.63, 3.8) is 0 Å². The number of carbonyl (C=O) groups is 1. The molecule has 2 N–H and O–H groups in total. The molecule has 3 heteroatoms. The smallest absolute Gasteiger partial charge is 0.229 e. The van der Waals surface area contributed by atoms with E-state index in [4.69, 9.17) is 5.73 Å². The van der Waals surface area contributed by atoms with E-state index in [-0.39, 0.29) is 11.3 Å². The molecule has 1 aliphatic carbocycles. The summed E-state index contributed by atoms with van der Waals surface area (Å²) >= 11 is 0. The molecular formula is C15H22N2O. The zero-order chi connectivity index (χ0) is 13.2. The number of likely N-dealkylation sites (N-methyl/N-ethyl adjacent to an activating group) is 1. The molecule has 1 aliphatic rings. The van der Waals surface area contributed by atoms with Crippen LogP contribution in [0.25, 0.3) is 0 Å². The quantitative estimate of drug-likeness (QED) is 0.860. The predicted octanol–water partition coefficient (Wildman–Crippen LogP) is 1.73. The van der Waals surface area contributed by atoms with Crippen LogP contribution in [0.1, 0.15) is 24.0 Å². The van der Waals surface area contributed by atoms with Gasteiger partial charge < -0.3 is 10.6 Å². The number of aryl methyl sites for hydroxylation is 1. The molecule has 0 unspecified atom stereocenters. The highest BCUT2D eigenvalue weighted by atomic mass is 16.2. The van der Waals surface area contributed by atoms with Crippen molar-refractivity contribution in [1.82, 2.24) is 4.90 Å². The van der Waals surface area contributed by atoms with Gasteiger partial charge in [0.1, 0.15) is 0 Å². The third-order valence-corrected chi connectivity index (χ3v) is 3.86. The molecule has 0 atom stereocenters. The summed E-state index contributed by atoms with van der Waals surface area (Å²) in [6, 6.07) is 8.44. The molecule has 0 aromatic heterocycles. The fraction of sp³-hybridized carbons (Fsp3) is 0.533. The molecule has 1 aromatic rings. The Balaban J connectivity index is 1.88. The zero-order valence-corrected chi connectivity index (χ0v) is 11.3. The molecule has 0 saturated heterocycles. The lowest BCUT2D eigenvalue weighted by molar-refractivity contribution is -0.135. The summed E-state index contributed by atoms with van der Waals surface area (Å²) in [6.07, 6.45) is 2.82. The highest BCUT2D eigenvalue weighted by Crippen LogP contribution is 2.45. The molecular weight excluding hydrogens is 224 g/mol. The second kappa shape index (κ2) is 5.11. The minimum absolute atomic E-state index is 0.220. The van der Waals surface area contributed by atoms with Gasteiger partial charge in [-0.3, -0.25) is 4.79 Å². The molecule has 1 fully saturated rings. The molecule has 1 saturated carbocycles. The second-order valence-electron chi connectivity index (χ2n) is 5.45. The van der Waals surface area contributed by atoms with Crippen molar-refractivity contribution in [2.45, 2.75) is 26.2 Å². The van der Waals surface area contributed by atoms with E-state index in [2.05, 4.69) is 31.2 Å². The van der Waals surface area contributed by atoms with E-state index in [0.717, 1.165) is 25.8 Å². The minimum atomic E-state index is -0.221. The Hall–Kier alpha value is -1.35. The molecule has 0 radical (unpaired) electrons. The van der Waals surface area contributed by atoms with Crippen LogP contribution in [-0.2, 0) is 11.2 Å². The second-order valence-corrected chi connectivity index (χ2v) is 5.45. The topological polar surface area (TPSA) is 46.3 Å². The summed E-state index contributed by atoms with van der Waals surface area (Å²) in [5.41, 5.74) is 8.02. The van der Waals surface area contributed by atoms with Gasteiger partial charge in [-0.2, -0.15) is 0 Å². The average Bonchev–Trinajstić information content (AvgIpc) is 3.16. The first-order chi connectivity index (χ1) is 8.57. The Morgan fingerprint density at radius 1 is 1.44 bits per heavy atom. The third-order valence-electron chi connectivity index (χ3n) is 3.86. The van der Waals surface area contributed by atoms with Crippen molar-refractivity contribution in [3.8, 4) is 0 Å². The number of nitrogens with two attached hydrogens (primary N) is 1. The van der Waals surface area contributed by atoms with Gasteiger partial charge >= 0.3 is 0 Å². The van der Waals surface area contributed by atoms with E-state index in [0.29, 0.717) is 6.54 Å². The fourth-order valence-electron chi connectivity index (χ4n) is 2.33. The van der Waals surface area contributed by atoms with Crippen molar-refractivity contribution < 1.29 is 4.79 Å². The SMILES string of the molecule is Cc1cccc(CCN(C)C(=O)C2(CN)CC2)c1. The van der Waals surface area contributed by atoms with Crippen molar-refractivity contribution in [3.05, 3.63) is 35.4 Å². The van der Waals surface area contributed by atoms with E-state index in [1.54, 1.807) is 0 Å². The van der Waals surface area contributed by atoms with E-state index >= 15 is 0 Å². The van der Waals surface area contributed by atoms with Gasteiger partial charge in [0.05, 0.1) is 5.41 Å². The summed E-state index contributed by atoms with van der Waals surface area (Å²) in [4.78, 5) is 14.0. The molecule has 0 bridgehead atoms.